The fourth-order valence-electron chi connectivity index (χ4n) is 0. The molecule has 0 heterocycles. The van der Waals surface area contributed by atoms with E-state index in [1.165, 1.54) is 0 Å². The Morgan fingerprint density at radius 1 is 1.17 bits per heavy atom. The van der Waals surface area contributed by atoms with E-state index in [1.807, 2.05) is 0 Å². The van der Waals surface area contributed by atoms with E-state index in [-0.39, 0.29) is 17.6 Å². The second kappa shape index (κ2) is 2.76. The summed E-state index contributed by atoms with van der Waals surface area (Å²) in [6.45, 7) is 0. The van der Waals surface area contributed by atoms with Crippen molar-refractivity contribution in [2.24, 2.45) is 0 Å². The van der Waals surface area contributed by atoms with Gasteiger partial charge in [0.15, 0.2) is 0 Å². The third-order valence-electron chi connectivity index (χ3n) is 0. The van der Waals surface area contributed by atoms with Crippen LogP contribution in [0.1, 0.15) is 0 Å². The van der Waals surface area contributed by atoms with Gasteiger partial charge in [-0.25, -0.2) is 0 Å². The Labute approximate surface area is 45.4 Å². The summed E-state index contributed by atoms with van der Waals surface area (Å²) >= 11 is 0. The van der Waals surface area contributed by atoms with Crippen LogP contribution in [0.4, 0.5) is 0 Å². The third-order valence-corrected chi connectivity index (χ3v) is 0. The Balaban J connectivity index is 0. The van der Waals surface area contributed by atoms with Crippen molar-refractivity contribution < 1.29 is 19.2 Å². The summed E-state index contributed by atoms with van der Waals surface area (Å²) in [4.78, 5) is 25.6. The van der Waals surface area contributed by atoms with Crippen LogP contribution in [0.25, 0.3) is 0 Å². The minimum Gasteiger partial charge on any atom is -0.822 e. The summed E-state index contributed by atoms with van der Waals surface area (Å²) in [5, 5.41) is 0. The van der Waals surface area contributed by atoms with Crippen LogP contribution in [-0.4, -0.2) is 17.6 Å². The molecule has 0 aliphatic heterocycles. The molecule has 0 rings (SSSR count). The molecule has 0 saturated carbocycles. The van der Waals surface area contributed by atoms with Crippen LogP contribution in [0.3, 0.4) is 0 Å². The van der Waals surface area contributed by atoms with Crippen molar-refractivity contribution in [3.05, 3.63) is 0 Å². The van der Waals surface area contributed by atoms with Gasteiger partial charge in [0.25, 0.3) is 0 Å². The van der Waals surface area contributed by atoms with Crippen LogP contribution in [0.15, 0.2) is 0 Å². The van der Waals surface area contributed by atoms with Crippen molar-refractivity contribution in [2.75, 3.05) is 0 Å². The van der Waals surface area contributed by atoms with Gasteiger partial charge in [0.1, 0.15) is 0 Å². The van der Waals surface area contributed by atoms with Crippen molar-refractivity contribution in [1.82, 2.24) is 0 Å². The SMILES string of the molecule is O=P([O-])([O-])[O-].[Ge]. The van der Waals surface area contributed by atoms with E-state index in [0.717, 1.165) is 0 Å². The molecule has 0 aromatic heterocycles. The number of hydrogen-bond donors (Lipinski definition) is 0. The molecule has 6 heteroatoms. The maximum atomic E-state index is 8.55. The molecule has 0 saturated heterocycles. The first-order valence-corrected chi connectivity index (χ1v) is 2.19. The molecule has 4 nitrogen and oxygen atoms in total. The van der Waals surface area contributed by atoms with Crippen LogP contribution in [0.5, 0.6) is 0 Å². The fraction of sp³-hybridized carbons (Fsp3) is 0. The average molecular weight is 168 g/mol. The summed E-state index contributed by atoms with van der Waals surface area (Å²) in [5.41, 5.74) is 0. The Bertz CT molecular complexity index is 53.7. The van der Waals surface area contributed by atoms with Crippen molar-refractivity contribution in [1.29, 1.82) is 0 Å². The topological polar surface area (TPSA) is 86.2 Å². The molecule has 6 heavy (non-hydrogen) atoms. The van der Waals surface area contributed by atoms with Gasteiger partial charge < -0.3 is 19.2 Å². The van der Waals surface area contributed by atoms with E-state index in [9.17, 15) is 0 Å². The van der Waals surface area contributed by atoms with Crippen molar-refractivity contribution >= 4 is 25.4 Å². The summed E-state index contributed by atoms with van der Waals surface area (Å²) < 4.78 is 8.55. The summed E-state index contributed by atoms with van der Waals surface area (Å²) in [6, 6.07) is 0. The Morgan fingerprint density at radius 3 is 1.17 bits per heavy atom. The minimum absolute atomic E-state index is 0. The predicted molar refractivity (Wildman–Crippen MR) is 13.4 cm³/mol. The predicted octanol–water partition coefficient (Wildman–Crippen LogP) is -3.21. The zero-order valence-electron chi connectivity index (χ0n) is 2.58. The molecule has 0 spiro atoms. The molecule has 0 fully saturated rings. The summed E-state index contributed by atoms with van der Waals surface area (Å²) in [7, 11) is -5.39. The average Bonchev–Trinajstić information content (AvgIpc) is 0.722. The molecule has 0 atom stereocenters. The first kappa shape index (κ1) is 9.82. The van der Waals surface area contributed by atoms with Gasteiger partial charge in [0.05, 0.1) is 0 Å². The first-order chi connectivity index (χ1) is 2.00. The van der Waals surface area contributed by atoms with Gasteiger partial charge in [-0.3, -0.25) is 0 Å². The second-order valence-electron chi connectivity index (χ2n) is 0.447. The van der Waals surface area contributed by atoms with E-state index >= 15 is 0 Å². The molecule has 0 aliphatic carbocycles. The number of phosphoric acid groups is 1. The van der Waals surface area contributed by atoms with Crippen molar-refractivity contribution in [2.45, 2.75) is 0 Å². The maximum absolute atomic E-state index is 8.55. The van der Waals surface area contributed by atoms with Gasteiger partial charge in [-0.2, -0.15) is 7.82 Å². The van der Waals surface area contributed by atoms with Gasteiger partial charge >= 0.3 is 0 Å². The van der Waals surface area contributed by atoms with E-state index < -0.39 is 7.82 Å². The number of hydrogen-bond acceptors (Lipinski definition) is 4. The molecule has 0 aromatic rings. The van der Waals surface area contributed by atoms with Crippen LogP contribution >= 0.6 is 7.82 Å². The number of rotatable bonds is 0. The van der Waals surface area contributed by atoms with Gasteiger partial charge in [-0.05, 0) is 0 Å². The second-order valence-corrected chi connectivity index (χ2v) is 1.34. The van der Waals surface area contributed by atoms with Crippen LogP contribution in [0, 0.1) is 0 Å². The molecule has 36 valence electrons. The largest absolute Gasteiger partial charge is 0.822 e. The summed E-state index contributed by atoms with van der Waals surface area (Å²) in [6.07, 6.45) is 0. The Kier molecular flexibility index (Phi) is 4.53. The minimum atomic E-state index is -5.39. The maximum Gasteiger partial charge on any atom is 0 e. The molecule has 0 aliphatic rings. The van der Waals surface area contributed by atoms with E-state index in [1.54, 1.807) is 0 Å². The van der Waals surface area contributed by atoms with Gasteiger partial charge in [-0.15, -0.1) is 0 Å². The normalized spacial score (nSPS) is 9.83. The van der Waals surface area contributed by atoms with Crippen molar-refractivity contribution in [3.63, 3.8) is 0 Å². The Hall–Kier alpha value is 0.653. The van der Waals surface area contributed by atoms with E-state index in [4.69, 9.17) is 19.2 Å². The fourth-order valence-corrected chi connectivity index (χ4v) is 0. The van der Waals surface area contributed by atoms with Crippen LogP contribution < -0.4 is 14.7 Å². The van der Waals surface area contributed by atoms with Gasteiger partial charge in [-0.1, -0.05) is 0 Å². The monoisotopic (exact) mass is 169 g/mol. The third kappa shape index (κ3) is 146. The molecule has 4 radical (unpaired) electrons. The smallest absolute Gasteiger partial charge is 0 e. The zero-order chi connectivity index (χ0) is 4.50. The van der Waals surface area contributed by atoms with E-state index in [2.05, 4.69) is 0 Å². The molecular formula is GeO4P-3. The summed E-state index contributed by atoms with van der Waals surface area (Å²) in [5.74, 6) is 0. The van der Waals surface area contributed by atoms with Crippen LogP contribution in [0.2, 0.25) is 0 Å². The van der Waals surface area contributed by atoms with Crippen molar-refractivity contribution in [3.8, 4) is 0 Å². The van der Waals surface area contributed by atoms with Crippen LogP contribution in [-0.2, 0) is 4.57 Å². The molecule has 0 unspecified atom stereocenters. The zero-order valence-corrected chi connectivity index (χ0v) is 5.57. The van der Waals surface area contributed by atoms with E-state index in [0.29, 0.717) is 0 Å². The molecule has 0 aromatic carbocycles. The van der Waals surface area contributed by atoms with Gasteiger partial charge in [0, 0.05) is 17.6 Å². The Morgan fingerprint density at radius 2 is 1.17 bits per heavy atom. The standard InChI is InChI=1S/Ge.H3O4P/c;1-5(2,3)4/h;(H3,1,2,3,4)/p-3. The molecular weight excluding hydrogens is 168 g/mol. The first-order valence-electron chi connectivity index (χ1n) is 0.730. The quantitative estimate of drug-likeness (QED) is 0.281. The molecule has 0 N–H and O–H groups in total. The molecule has 0 bridgehead atoms. The van der Waals surface area contributed by atoms with Gasteiger partial charge in [0.2, 0.25) is 0 Å². The molecule has 0 amide bonds.